The molecule has 0 aliphatic carbocycles. The Bertz CT molecular complexity index is 441. The Labute approximate surface area is 103 Å². The third kappa shape index (κ3) is 2.62. The van der Waals surface area contributed by atoms with E-state index in [0.717, 1.165) is 6.42 Å². The third-order valence-corrected chi connectivity index (χ3v) is 2.99. The first-order chi connectivity index (χ1) is 8.33. The predicted octanol–water partition coefficient (Wildman–Crippen LogP) is 2.73. The lowest BCUT2D eigenvalue weighted by Gasteiger charge is -2.14. The van der Waals surface area contributed by atoms with Crippen LogP contribution in [0.3, 0.4) is 0 Å². The van der Waals surface area contributed by atoms with Gasteiger partial charge in [0.1, 0.15) is 0 Å². The summed E-state index contributed by atoms with van der Waals surface area (Å²) in [5.74, 6) is 0. The minimum Gasteiger partial charge on any atom is -0.410 e. The van der Waals surface area contributed by atoms with Crippen molar-refractivity contribution in [2.24, 2.45) is 0 Å². The van der Waals surface area contributed by atoms with Gasteiger partial charge in [0.15, 0.2) is 0 Å². The molecule has 0 fully saturated rings. The molecule has 0 aromatic heterocycles. The highest BCUT2D eigenvalue weighted by Crippen LogP contribution is 2.23. The quantitative estimate of drug-likeness (QED) is 0.607. The van der Waals surface area contributed by atoms with Crippen molar-refractivity contribution in [2.45, 2.75) is 13.3 Å². The van der Waals surface area contributed by atoms with Gasteiger partial charge in [-0.3, -0.25) is 0 Å². The highest BCUT2D eigenvalue weighted by molar-refractivity contribution is 6.64. The Morgan fingerprint density at radius 2 is 1.88 bits per heavy atom. The summed E-state index contributed by atoms with van der Waals surface area (Å²) in [5, 5.41) is 6.56. The molecule has 0 saturated heterocycles. The van der Waals surface area contributed by atoms with E-state index in [-0.39, 0.29) is 6.98 Å². The maximum Gasteiger partial charge on any atom is 0.401 e. The zero-order valence-electron chi connectivity index (χ0n) is 10.1. The Balaban J connectivity index is 2.33. The van der Waals surface area contributed by atoms with Crippen LogP contribution in [0.4, 0.5) is 0 Å². The van der Waals surface area contributed by atoms with Gasteiger partial charge >= 0.3 is 6.98 Å². The fourth-order valence-corrected chi connectivity index (χ4v) is 2.05. The summed E-state index contributed by atoms with van der Waals surface area (Å²) in [5.41, 5.74) is 3.90. The van der Waals surface area contributed by atoms with Gasteiger partial charge in [-0.25, -0.2) is 0 Å². The van der Waals surface area contributed by atoms with Crippen molar-refractivity contribution >= 4 is 12.6 Å². The van der Waals surface area contributed by atoms with Crippen molar-refractivity contribution in [2.75, 3.05) is 0 Å². The van der Waals surface area contributed by atoms with E-state index < -0.39 is 0 Å². The van der Waals surface area contributed by atoms with E-state index in [1.54, 1.807) is 0 Å². The van der Waals surface area contributed by atoms with Crippen LogP contribution in [0.15, 0.2) is 60.9 Å². The summed E-state index contributed by atoms with van der Waals surface area (Å²) in [6, 6.07) is 10.5. The minimum absolute atomic E-state index is 0.199. The van der Waals surface area contributed by atoms with Gasteiger partial charge in [-0.15, -0.1) is 6.58 Å². The molecule has 2 rings (SSSR count). The first-order valence-electron chi connectivity index (χ1n) is 5.86. The second-order valence-electron chi connectivity index (χ2n) is 4.12. The standard InChI is InChI=1S/C14H17BN2/c1-3-7-14(13-8-5-4-6-9-13)12(2)15-16-10-11-17-15/h3-6,8-11,16-17H,1,7H2,2H3/b14-12+. The van der Waals surface area contributed by atoms with Gasteiger partial charge in [-0.1, -0.05) is 41.9 Å². The molecule has 1 heterocycles. The Hall–Kier alpha value is -1.90. The molecule has 0 amide bonds. The minimum atomic E-state index is 0.199. The molecule has 0 bridgehead atoms. The molecule has 17 heavy (non-hydrogen) atoms. The van der Waals surface area contributed by atoms with E-state index in [9.17, 15) is 0 Å². The molecule has 1 aromatic carbocycles. The van der Waals surface area contributed by atoms with Gasteiger partial charge in [-0.05, 0) is 24.5 Å². The predicted molar refractivity (Wildman–Crippen MR) is 75.0 cm³/mol. The third-order valence-electron chi connectivity index (χ3n) is 2.99. The van der Waals surface area contributed by atoms with Crippen LogP contribution in [-0.2, 0) is 0 Å². The van der Waals surface area contributed by atoms with Crippen molar-refractivity contribution in [3.63, 3.8) is 0 Å². The smallest absolute Gasteiger partial charge is 0.401 e. The molecular weight excluding hydrogens is 207 g/mol. The number of allylic oxidation sites excluding steroid dienone is 3. The molecule has 86 valence electrons. The Morgan fingerprint density at radius 1 is 1.24 bits per heavy atom. The second-order valence-corrected chi connectivity index (χ2v) is 4.12. The lowest BCUT2D eigenvalue weighted by Crippen LogP contribution is -2.38. The molecule has 1 aliphatic rings. The molecule has 2 nitrogen and oxygen atoms in total. The first-order valence-corrected chi connectivity index (χ1v) is 5.86. The van der Waals surface area contributed by atoms with E-state index in [1.807, 2.05) is 24.5 Å². The first kappa shape index (κ1) is 11.6. The molecule has 0 atom stereocenters. The van der Waals surface area contributed by atoms with Crippen LogP contribution in [0.5, 0.6) is 0 Å². The number of benzene rings is 1. The summed E-state index contributed by atoms with van der Waals surface area (Å²) in [6.07, 6.45) is 6.71. The molecule has 1 aromatic rings. The number of hydrogen-bond donors (Lipinski definition) is 2. The molecule has 1 aliphatic heterocycles. The molecule has 0 radical (unpaired) electrons. The Morgan fingerprint density at radius 3 is 2.47 bits per heavy atom. The fourth-order valence-electron chi connectivity index (χ4n) is 2.05. The van der Waals surface area contributed by atoms with E-state index in [0.29, 0.717) is 0 Å². The van der Waals surface area contributed by atoms with Gasteiger partial charge in [0, 0.05) is 12.4 Å². The normalized spacial score (nSPS) is 15.0. The maximum absolute atomic E-state index is 3.84. The zero-order valence-corrected chi connectivity index (χ0v) is 10.1. The van der Waals surface area contributed by atoms with Gasteiger partial charge in [0.25, 0.3) is 0 Å². The summed E-state index contributed by atoms with van der Waals surface area (Å²) in [7, 11) is 0. The Kier molecular flexibility index (Phi) is 3.71. The summed E-state index contributed by atoms with van der Waals surface area (Å²) in [4.78, 5) is 0. The number of nitrogens with one attached hydrogen (secondary N) is 2. The van der Waals surface area contributed by atoms with Crippen LogP contribution in [0.2, 0.25) is 0 Å². The highest BCUT2D eigenvalue weighted by Gasteiger charge is 2.21. The highest BCUT2D eigenvalue weighted by atomic mass is 15.0. The molecule has 0 unspecified atom stereocenters. The van der Waals surface area contributed by atoms with Crippen LogP contribution in [-0.4, -0.2) is 6.98 Å². The largest absolute Gasteiger partial charge is 0.410 e. The summed E-state index contributed by atoms with van der Waals surface area (Å²) >= 11 is 0. The van der Waals surface area contributed by atoms with Crippen LogP contribution in [0, 0.1) is 0 Å². The number of rotatable bonds is 4. The molecule has 2 N–H and O–H groups in total. The lowest BCUT2D eigenvalue weighted by molar-refractivity contribution is 1.26. The van der Waals surface area contributed by atoms with Gasteiger partial charge < -0.3 is 10.5 Å². The van der Waals surface area contributed by atoms with Crippen LogP contribution >= 0.6 is 0 Å². The summed E-state index contributed by atoms with van der Waals surface area (Å²) in [6.45, 7) is 6.20. The van der Waals surface area contributed by atoms with Crippen molar-refractivity contribution < 1.29 is 0 Å². The van der Waals surface area contributed by atoms with Gasteiger partial charge in [0.05, 0.1) is 0 Å². The molecular formula is C14H17BN2. The summed E-state index contributed by atoms with van der Waals surface area (Å²) < 4.78 is 0. The molecule has 0 spiro atoms. The SMILES string of the molecule is C=CC/C(=C(/C)B1NC=CN1)c1ccccc1. The average Bonchev–Trinajstić information content (AvgIpc) is 2.90. The molecule has 3 heteroatoms. The van der Waals surface area contributed by atoms with E-state index >= 15 is 0 Å². The van der Waals surface area contributed by atoms with Crippen LogP contribution in [0.25, 0.3) is 5.57 Å². The van der Waals surface area contributed by atoms with Crippen molar-refractivity contribution in [1.29, 1.82) is 0 Å². The fraction of sp³-hybridized carbons (Fsp3) is 0.143. The van der Waals surface area contributed by atoms with Crippen molar-refractivity contribution in [1.82, 2.24) is 10.5 Å². The van der Waals surface area contributed by atoms with E-state index in [2.05, 4.69) is 48.2 Å². The van der Waals surface area contributed by atoms with Gasteiger partial charge in [-0.2, -0.15) is 0 Å². The van der Waals surface area contributed by atoms with Crippen molar-refractivity contribution in [3.8, 4) is 0 Å². The van der Waals surface area contributed by atoms with Crippen LogP contribution < -0.4 is 10.5 Å². The monoisotopic (exact) mass is 224 g/mol. The van der Waals surface area contributed by atoms with Gasteiger partial charge in [0.2, 0.25) is 0 Å². The lowest BCUT2D eigenvalue weighted by atomic mass is 9.66. The maximum atomic E-state index is 3.84. The zero-order chi connectivity index (χ0) is 12.1. The van der Waals surface area contributed by atoms with E-state index in [4.69, 9.17) is 0 Å². The topological polar surface area (TPSA) is 24.1 Å². The van der Waals surface area contributed by atoms with Crippen LogP contribution in [0.1, 0.15) is 18.9 Å². The number of hydrogen-bond acceptors (Lipinski definition) is 2. The van der Waals surface area contributed by atoms with E-state index in [1.165, 1.54) is 16.6 Å². The molecule has 0 saturated carbocycles. The second kappa shape index (κ2) is 5.44. The van der Waals surface area contributed by atoms with Crippen molar-refractivity contribution in [3.05, 3.63) is 66.4 Å². The average molecular weight is 224 g/mol.